The molecule has 0 aliphatic carbocycles. The van der Waals surface area contributed by atoms with Crippen molar-refractivity contribution in [1.82, 2.24) is 29.5 Å². The normalized spacial score (nSPS) is 11.1. The fourth-order valence-electron chi connectivity index (χ4n) is 2.51. The SMILES string of the molecule is CCCCn1nc(CCSC)nc1-c1cccc(-n2cnnc2)c1. The second-order valence-electron chi connectivity index (χ2n) is 5.59. The fraction of sp³-hybridized carbons (Fsp3) is 0.412. The van der Waals surface area contributed by atoms with Gasteiger partial charge in [-0.15, -0.1) is 10.2 Å². The average Bonchev–Trinajstić information content (AvgIpc) is 3.28. The van der Waals surface area contributed by atoms with Crippen LogP contribution in [0.25, 0.3) is 17.1 Å². The molecule has 0 amide bonds. The number of thioether (sulfide) groups is 1. The van der Waals surface area contributed by atoms with Gasteiger partial charge in [0.15, 0.2) is 11.6 Å². The molecule has 0 N–H and O–H groups in total. The van der Waals surface area contributed by atoms with E-state index >= 15 is 0 Å². The second kappa shape index (κ2) is 8.10. The van der Waals surface area contributed by atoms with Crippen LogP contribution >= 0.6 is 11.8 Å². The molecule has 0 saturated carbocycles. The minimum Gasteiger partial charge on any atom is -0.288 e. The monoisotopic (exact) mass is 342 g/mol. The summed E-state index contributed by atoms with van der Waals surface area (Å²) in [7, 11) is 0. The van der Waals surface area contributed by atoms with Crippen LogP contribution in [0.2, 0.25) is 0 Å². The van der Waals surface area contributed by atoms with Crippen LogP contribution in [-0.4, -0.2) is 41.5 Å². The van der Waals surface area contributed by atoms with Crippen molar-refractivity contribution in [2.75, 3.05) is 12.0 Å². The summed E-state index contributed by atoms with van der Waals surface area (Å²) in [5.41, 5.74) is 2.09. The van der Waals surface area contributed by atoms with Crippen LogP contribution in [0.3, 0.4) is 0 Å². The fourth-order valence-corrected chi connectivity index (χ4v) is 2.89. The molecule has 0 aliphatic heterocycles. The van der Waals surface area contributed by atoms with Crippen molar-refractivity contribution >= 4 is 11.8 Å². The van der Waals surface area contributed by atoms with Crippen LogP contribution in [0.5, 0.6) is 0 Å². The molecule has 126 valence electrons. The first-order chi connectivity index (χ1) is 11.8. The molecule has 0 bridgehead atoms. The maximum absolute atomic E-state index is 4.79. The van der Waals surface area contributed by atoms with Crippen molar-refractivity contribution in [3.8, 4) is 17.1 Å². The molecular formula is C17H22N6S. The van der Waals surface area contributed by atoms with Crippen molar-refractivity contribution in [3.63, 3.8) is 0 Å². The van der Waals surface area contributed by atoms with Gasteiger partial charge in [-0.25, -0.2) is 9.67 Å². The van der Waals surface area contributed by atoms with Gasteiger partial charge in [-0.2, -0.15) is 16.9 Å². The van der Waals surface area contributed by atoms with Gasteiger partial charge in [-0.3, -0.25) is 4.57 Å². The Balaban J connectivity index is 1.94. The van der Waals surface area contributed by atoms with Crippen molar-refractivity contribution in [2.24, 2.45) is 0 Å². The first-order valence-corrected chi connectivity index (χ1v) is 9.59. The lowest BCUT2D eigenvalue weighted by atomic mass is 10.2. The molecule has 2 aromatic heterocycles. The van der Waals surface area contributed by atoms with E-state index in [4.69, 9.17) is 10.1 Å². The zero-order chi connectivity index (χ0) is 16.8. The summed E-state index contributed by atoms with van der Waals surface area (Å²) < 4.78 is 3.94. The van der Waals surface area contributed by atoms with Gasteiger partial charge in [0.05, 0.1) is 0 Å². The number of hydrogen-bond acceptors (Lipinski definition) is 5. The zero-order valence-electron chi connectivity index (χ0n) is 14.1. The topological polar surface area (TPSA) is 61.4 Å². The van der Waals surface area contributed by atoms with Gasteiger partial charge in [0.25, 0.3) is 0 Å². The Morgan fingerprint density at radius 1 is 1.17 bits per heavy atom. The summed E-state index contributed by atoms with van der Waals surface area (Å²) in [6.45, 7) is 3.09. The smallest absolute Gasteiger partial charge is 0.158 e. The Labute approximate surface area is 146 Å². The lowest BCUT2D eigenvalue weighted by Gasteiger charge is -2.07. The number of benzene rings is 1. The van der Waals surface area contributed by atoms with Gasteiger partial charge in [-0.05, 0) is 24.8 Å². The van der Waals surface area contributed by atoms with Crippen LogP contribution in [0, 0.1) is 0 Å². The van der Waals surface area contributed by atoms with E-state index in [1.54, 1.807) is 12.7 Å². The van der Waals surface area contributed by atoms with E-state index in [0.29, 0.717) is 0 Å². The second-order valence-corrected chi connectivity index (χ2v) is 6.58. The summed E-state index contributed by atoms with van der Waals surface area (Å²) >= 11 is 1.82. The van der Waals surface area contributed by atoms with Crippen molar-refractivity contribution in [2.45, 2.75) is 32.7 Å². The van der Waals surface area contributed by atoms with Gasteiger partial charge in [0.2, 0.25) is 0 Å². The van der Waals surface area contributed by atoms with E-state index in [1.165, 1.54) is 0 Å². The maximum atomic E-state index is 4.79. The van der Waals surface area contributed by atoms with Gasteiger partial charge in [0.1, 0.15) is 12.7 Å². The number of aromatic nitrogens is 6. The molecule has 0 fully saturated rings. The molecular weight excluding hydrogens is 320 g/mol. The van der Waals surface area contributed by atoms with E-state index in [-0.39, 0.29) is 0 Å². The molecule has 6 nitrogen and oxygen atoms in total. The third-order valence-electron chi connectivity index (χ3n) is 3.79. The quantitative estimate of drug-likeness (QED) is 0.629. The molecule has 3 rings (SSSR count). The highest BCUT2D eigenvalue weighted by Gasteiger charge is 2.12. The Morgan fingerprint density at radius 3 is 2.75 bits per heavy atom. The van der Waals surface area contributed by atoms with Crippen LogP contribution in [0.15, 0.2) is 36.9 Å². The molecule has 2 heterocycles. The number of aryl methyl sites for hydroxylation is 2. The molecule has 0 saturated heterocycles. The predicted octanol–water partition coefficient (Wildman–Crippen LogP) is 3.23. The van der Waals surface area contributed by atoms with Crippen molar-refractivity contribution in [1.29, 1.82) is 0 Å². The minimum atomic E-state index is 0.898. The molecule has 0 unspecified atom stereocenters. The van der Waals surface area contributed by atoms with E-state index < -0.39 is 0 Å². The Kier molecular flexibility index (Phi) is 5.63. The summed E-state index contributed by atoms with van der Waals surface area (Å²) in [4.78, 5) is 4.79. The average molecular weight is 342 g/mol. The summed E-state index contributed by atoms with van der Waals surface area (Å²) in [6, 6.07) is 8.26. The lowest BCUT2D eigenvalue weighted by molar-refractivity contribution is 0.571. The predicted molar refractivity (Wildman–Crippen MR) is 97.4 cm³/mol. The molecule has 24 heavy (non-hydrogen) atoms. The number of unbranched alkanes of at least 4 members (excludes halogenated alkanes) is 1. The minimum absolute atomic E-state index is 0.898. The van der Waals surface area contributed by atoms with Crippen LogP contribution in [0.1, 0.15) is 25.6 Å². The third kappa shape index (κ3) is 3.84. The van der Waals surface area contributed by atoms with Crippen LogP contribution in [-0.2, 0) is 13.0 Å². The Morgan fingerprint density at radius 2 is 2.00 bits per heavy atom. The molecule has 0 radical (unpaired) electrons. The first kappa shape index (κ1) is 16.7. The highest BCUT2D eigenvalue weighted by molar-refractivity contribution is 7.98. The van der Waals surface area contributed by atoms with Crippen molar-refractivity contribution < 1.29 is 0 Å². The number of hydrogen-bond donors (Lipinski definition) is 0. The first-order valence-electron chi connectivity index (χ1n) is 8.20. The van der Waals surface area contributed by atoms with E-state index in [0.717, 1.165) is 54.5 Å². The number of nitrogens with zero attached hydrogens (tertiary/aromatic N) is 6. The molecule has 0 spiro atoms. The summed E-state index contributed by atoms with van der Waals surface area (Å²) in [5, 5.41) is 12.5. The Bertz CT molecular complexity index is 765. The van der Waals surface area contributed by atoms with Gasteiger partial charge in [0, 0.05) is 30.0 Å². The summed E-state index contributed by atoms with van der Waals surface area (Å²) in [6.07, 6.45) is 8.65. The maximum Gasteiger partial charge on any atom is 0.158 e. The molecule has 7 heteroatoms. The Hall–Kier alpha value is -2.15. The lowest BCUT2D eigenvalue weighted by Crippen LogP contribution is -2.03. The zero-order valence-corrected chi connectivity index (χ0v) is 14.9. The third-order valence-corrected chi connectivity index (χ3v) is 4.40. The molecule has 0 aliphatic rings. The van der Waals surface area contributed by atoms with E-state index in [1.807, 2.05) is 33.1 Å². The summed E-state index contributed by atoms with van der Waals surface area (Å²) in [5.74, 6) is 2.90. The highest BCUT2D eigenvalue weighted by atomic mass is 32.2. The highest BCUT2D eigenvalue weighted by Crippen LogP contribution is 2.21. The van der Waals surface area contributed by atoms with Gasteiger partial charge >= 0.3 is 0 Å². The van der Waals surface area contributed by atoms with E-state index in [9.17, 15) is 0 Å². The molecule has 1 aromatic carbocycles. The van der Waals surface area contributed by atoms with Gasteiger partial charge in [-0.1, -0.05) is 25.5 Å². The molecule has 3 aromatic rings. The van der Waals surface area contributed by atoms with Crippen LogP contribution in [0.4, 0.5) is 0 Å². The van der Waals surface area contributed by atoms with E-state index in [2.05, 4.69) is 35.5 Å². The standard InChI is InChI=1S/C17H22N6S/c1-3-4-9-23-17(20-16(21-23)8-10-24-2)14-6-5-7-15(11-14)22-12-18-19-13-22/h5-7,11-13H,3-4,8-10H2,1-2H3. The molecule has 0 atom stereocenters. The largest absolute Gasteiger partial charge is 0.288 e. The van der Waals surface area contributed by atoms with Crippen LogP contribution < -0.4 is 0 Å². The van der Waals surface area contributed by atoms with Crippen molar-refractivity contribution in [3.05, 3.63) is 42.7 Å². The van der Waals surface area contributed by atoms with Gasteiger partial charge < -0.3 is 0 Å². The number of rotatable bonds is 8.